The van der Waals surface area contributed by atoms with Crippen molar-refractivity contribution in [1.82, 2.24) is 10.2 Å². The molecule has 1 saturated heterocycles. The van der Waals surface area contributed by atoms with Gasteiger partial charge in [-0.1, -0.05) is 12.0 Å². The van der Waals surface area contributed by atoms with Crippen LogP contribution < -0.4 is 4.90 Å². The van der Waals surface area contributed by atoms with Crippen LogP contribution in [0.25, 0.3) is 0 Å². The Morgan fingerprint density at radius 2 is 2.47 bits per heavy atom. The second-order valence-corrected chi connectivity index (χ2v) is 5.47. The molecule has 1 aliphatic heterocycles. The summed E-state index contributed by atoms with van der Waals surface area (Å²) >= 11 is 7.59. The Labute approximate surface area is 98.4 Å². The Morgan fingerprint density at radius 1 is 1.60 bits per heavy atom. The van der Waals surface area contributed by atoms with Gasteiger partial charge in [0.2, 0.25) is 5.89 Å². The Morgan fingerprint density at radius 3 is 3.20 bits per heavy atom. The minimum atomic E-state index is 0.522. The summed E-state index contributed by atoms with van der Waals surface area (Å²) in [6.07, 6.45) is 0.646. The third kappa shape index (κ3) is 2.78. The van der Waals surface area contributed by atoms with Gasteiger partial charge in [0.1, 0.15) is 0 Å². The van der Waals surface area contributed by atoms with E-state index in [2.05, 4.69) is 22.0 Å². The lowest BCUT2D eigenvalue weighted by Crippen LogP contribution is -2.36. The summed E-state index contributed by atoms with van der Waals surface area (Å²) in [7, 11) is 0. The Kier molecular flexibility index (Phi) is 3.75. The van der Waals surface area contributed by atoms with E-state index in [4.69, 9.17) is 16.0 Å². The first-order valence-electron chi connectivity index (χ1n) is 5.04. The Hall–Kier alpha value is -0.420. The van der Waals surface area contributed by atoms with Gasteiger partial charge in [-0.25, -0.2) is 0 Å². The zero-order chi connectivity index (χ0) is 10.7. The third-order valence-electron chi connectivity index (χ3n) is 2.28. The highest BCUT2D eigenvalue weighted by Gasteiger charge is 2.21. The monoisotopic (exact) mass is 247 g/mol. The van der Waals surface area contributed by atoms with Crippen molar-refractivity contribution in [2.45, 2.75) is 18.6 Å². The smallest absolute Gasteiger partial charge is 0.318 e. The van der Waals surface area contributed by atoms with Crippen LogP contribution in [0.15, 0.2) is 4.42 Å². The second-order valence-electron chi connectivity index (χ2n) is 3.54. The summed E-state index contributed by atoms with van der Waals surface area (Å²) in [5.41, 5.74) is 0. The molecule has 1 aliphatic rings. The number of aryl methyl sites for hydroxylation is 1. The lowest BCUT2D eigenvalue weighted by atomic mass is 10.4. The summed E-state index contributed by atoms with van der Waals surface area (Å²) in [6, 6.07) is 0.641. The van der Waals surface area contributed by atoms with E-state index in [-0.39, 0.29) is 0 Å². The number of thioether (sulfide) groups is 1. The molecule has 2 rings (SSSR count). The minimum absolute atomic E-state index is 0.522. The van der Waals surface area contributed by atoms with E-state index in [0.29, 0.717) is 29.5 Å². The molecule has 6 heteroatoms. The molecule has 1 aromatic rings. The fourth-order valence-electron chi connectivity index (χ4n) is 1.55. The van der Waals surface area contributed by atoms with Crippen LogP contribution in [0, 0.1) is 0 Å². The number of aromatic nitrogens is 2. The summed E-state index contributed by atoms with van der Waals surface area (Å²) in [6.45, 7) is 4.18. The summed E-state index contributed by atoms with van der Waals surface area (Å²) in [5, 5.41) is 8.62. The number of rotatable bonds is 3. The van der Waals surface area contributed by atoms with Gasteiger partial charge >= 0.3 is 6.01 Å². The van der Waals surface area contributed by atoms with Crippen LogP contribution in [-0.4, -0.2) is 40.2 Å². The SMILES string of the molecule is CC1CN(c2nnc(CCCl)o2)CCS1. The molecule has 0 radical (unpaired) electrons. The normalized spacial score (nSPS) is 22.0. The number of nitrogens with zero attached hydrogens (tertiary/aromatic N) is 3. The van der Waals surface area contributed by atoms with Crippen LogP contribution in [0.1, 0.15) is 12.8 Å². The van der Waals surface area contributed by atoms with Gasteiger partial charge in [-0.15, -0.1) is 16.7 Å². The molecule has 0 bridgehead atoms. The summed E-state index contributed by atoms with van der Waals surface area (Å²) < 4.78 is 5.52. The predicted molar refractivity (Wildman–Crippen MR) is 62.9 cm³/mol. The van der Waals surface area contributed by atoms with Crippen LogP contribution >= 0.6 is 23.4 Å². The Bertz CT molecular complexity index is 320. The second kappa shape index (κ2) is 5.07. The molecule has 0 spiro atoms. The van der Waals surface area contributed by atoms with Gasteiger partial charge in [-0.2, -0.15) is 11.8 Å². The highest BCUT2D eigenvalue weighted by atomic mass is 35.5. The molecule has 2 heterocycles. The van der Waals surface area contributed by atoms with E-state index in [0.717, 1.165) is 18.8 Å². The van der Waals surface area contributed by atoms with Gasteiger partial charge in [0.25, 0.3) is 0 Å². The fourth-order valence-corrected chi connectivity index (χ4v) is 2.72. The van der Waals surface area contributed by atoms with Crippen molar-refractivity contribution >= 4 is 29.4 Å². The summed E-state index contributed by atoms with van der Waals surface area (Å²) in [5.74, 6) is 2.27. The van der Waals surface area contributed by atoms with Crippen molar-refractivity contribution in [3.63, 3.8) is 0 Å². The van der Waals surface area contributed by atoms with E-state index >= 15 is 0 Å². The van der Waals surface area contributed by atoms with Gasteiger partial charge in [0.05, 0.1) is 0 Å². The zero-order valence-corrected chi connectivity index (χ0v) is 10.2. The average molecular weight is 248 g/mol. The van der Waals surface area contributed by atoms with Crippen LogP contribution in [0.4, 0.5) is 6.01 Å². The lowest BCUT2D eigenvalue weighted by Gasteiger charge is -2.28. The van der Waals surface area contributed by atoms with Gasteiger partial charge in [-0.05, 0) is 0 Å². The maximum atomic E-state index is 5.61. The molecule has 1 atom stereocenters. The molecule has 1 aromatic heterocycles. The molecular weight excluding hydrogens is 234 g/mol. The molecule has 0 aliphatic carbocycles. The highest BCUT2D eigenvalue weighted by Crippen LogP contribution is 2.22. The molecule has 84 valence electrons. The van der Waals surface area contributed by atoms with Gasteiger partial charge in [0, 0.05) is 36.4 Å². The third-order valence-corrected chi connectivity index (χ3v) is 3.60. The quantitative estimate of drug-likeness (QED) is 0.762. The van der Waals surface area contributed by atoms with E-state index in [1.54, 1.807) is 0 Å². The van der Waals surface area contributed by atoms with Crippen LogP contribution in [-0.2, 0) is 6.42 Å². The van der Waals surface area contributed by atoms with Crippen LogP contribution in [0.2, 0.25) is 0 Å². The van der Waals surface area contributed by atoms with Crippen LogP contribution in [0.3, 0.4) is 0 Å². The number of alkyl halides is 1. The molecule has 1 unspecified atom stereocenters. The standard InChI is InChI=1S/C9H14ClN3OS/c1-7-6-13(4-5-15-7)9-12-11-8(14-9)2-3-10/h7H,2-6H2,1H3. The molecule has 15 heavy (non-hydrogen) atoms. The topological polar surface area (TPSA) is 42.2 Å². The maximum absolute atomic E-state index is 5.61. The minimum Gasteiger partial charge on any atom is -0.408 e. The van der Waals surface area contributed by atoms with E-state index < -0.39 is 0 Å². The van der Waals surface area contributed by atoms with E-state index in [1.807, 2.05) is 11.8 Å². The zero-order valence-electron chi connectivity index (χ0n) is 8.65. The van der Waals surface area contributed by atoms with Crippen molar-refractivity contribution < 1.29 is 4.42 Å². The molecule has 0 amide bonds. The van der Waals surface area contributed by atoms with Crippen molar-refractivity contribution in [2.24, 2.45) is 0 Å². The molecule has 4 nitrogen and oxygen atoms in total. The van der Waals surface area contributed by atoms with E-state index in [9.17, 15) is 0 Å². The molecule has 0 N–H and O–H groups in total. The maximum Gasteiger partial charge on any atom is 0.318 e. The Balaban J connectivity index is 2.01. The molecule has 0 saturated carbocycles. The number of anilines is 1. The number of halogens is 1. The van der Waals surface area contributed by atoms with Crippen molar-refractivity contribution in [3.05, 3.63) is 5.89 Å². The first kappa shape index (κ1) is 11.1. The van der Waals surface area contributed by atoms with Crippen molar-refractivity contribution in [1.29, 1.82) is 0 Å². The van der Waals surface area contributed by atoms with Gasteiger partial charge in [-0.3, -0.25) is 0 Å². The molecule has 0 aromatic carbocycles. The largest absolute Gasteiger partial charge is 0.408 e. The van der Waals surface area contributed by atoms with Gasteiger partial charge < -0.3 is 9.32 Å². The molecule has 1 fully saturated rings. The van der Waals surface area contributed by atoms with Gasteiger partial charge in [0.15, 0.2) is 0 Å². The number of hydrogen-bond acceptors (Lipinski definition) is 5. The lowest BCUT2D eigenvalue weighted by molar-refractivity contribution is 0.489. The van der Waals surface area contributed by atoms with Crippen molar-refractivity contribution in [3.8, 4) is 0 Å². The number of hydrogen-bond donors (Lipinski definition) is 0. The van der Waals surface area contributed by atoms with Crippen LogP contribution in [0.5, 0.6) is 0 Å². The van der Waals surface area contributed by atoms with E-state index in [1.165, 1.54) is 0 Å². The summed E-state index contributed by atoms with van der Waals surface area (Å²) in [4.78, 5) is 2.14. The van der Waals surface area contributed by atoms with Crippen molar-refractivity contribution in [2.75, 3.05) is 29.6 Å². The highest BCUT2D eigenvalue weighted by molar-refractivity contribution is 8.00. The first-order valence-corrected chi connectivity index (χ1v) is 6.63. The average Bonchev–Trinajstić information content (AvgIpc) is 2.67. The molecular formula is C9H14ClN3OS. The fraction of sp³-hybridized carbons (Fsp3) is 0.778. The first-order chi connectivity index (χ1) is 7.29. The predicted octanol–water partition coefficient (Wildman–Crippen LogP) is 1.79.